The van der Waals surface area contributed by atoms with Gasteiger partial charge in [-0.05, 0) is 69.1 Å². The van der Waals surface area contributed by atoms with Crippen molar-refractivity contribution in [3.05, 3.63) is 29.8 Å². The standard InChI is InChI=1S/C25H37NO6/c1-2-30-23(24(27)28)17-19-11-13-21(14-12-19)31-16-15-26(18-20-7-3-4-8-20)25(29)32-22-9-5-6-10-22/h11-14,20,22-23H,2-10,15-18H2,1H3,(H,27,28). The maximum Gasteiger partial charge on any atom is 0.410 e. The lowest BCUT2D eigenvalue weighted by molar-refractivity contribution is -0.149. The summed E-state index contributed by atoms with van der Waals surface area (Å²) >= 11 is 0. The molecule has 0 heterocycles. The molecule has 0 saturated heterocycles. The van der Waals surface area contributed by atoms with Crippen LogP contribution in [0.25, 0.3) is 0 Å². The van der Waals surface area contributed by atoms with Crippen molar-refractivity contribution in [3.63, 3.8) is 0 Å². The molecule has 0 spiro atoms. The van der Waals surface area contributed by atoms with Gasteiger partial charge in [0.05, 0.1) is 6.54 Å². The van der Waals surface area contributed by atoms with Gasteiger partial charge in [0.1, 0.15) is 18.5 Å². The molecule has 1 amide bonds. The number of carboxylic acid groups (broad SMARTS) is 1. The Kier molecular flexibility index (Phi) is 9.65. The van der Waals surface area contributed by atoms with Crippen molar-refractivity contribution in [2.75, 3.05) is 26.3 Å². The number of nitrogens with zero attached hydrogens (tertiary/aromatic N) is 1. The number of rotatable bonds is 12. The molecule has 0 aliphatic heterocycles. The van der Waals surface area contributed by atoms with Crippen LogP contribution in [-0.4, -0.2) is 60.6 Å². The Morgan fingerprint density at radius 1 is 1.06 bits per heavy atom. The monoisotopic (exact) mass is 447 g/mol. The summed E-state index contributed by atoms with van der Waals surface area (Å²) in [6.45, 7) is 3.77. The second-order valence-corrected chi connectivity index (χ2v) is 8.87. The molecule has 7 nitrogen and oxygen atoms in total. The fourth-order valence-corrected chi connectivity index (χ4v) is 4.61. The lowest BCUT2D eigenvalue weighted by atomic mass is 10.1. The van der Waals surface area contributed by atoms with Crippen LogP contribution in [0.5, 0.6) is 5.75 Å². The SMILES string of the molecule is CCOC(Cc1ccc(OCCN(CC2CCCC2)C(=O)OC2CCCC2)cc1)C(=O)O. The van der Waals surface area contributed by atoms with E-state index in [1.807, 2.05) is 29.2 Å². The van der Waals surface area contributed by atoms with Crippen molar-refractivity contribution in [1.82, 2.24) is 4.90 Å². The molecule has 2 aliphatic rings. The van der Waals surface area contributed by atoms with Crippen LogP contribution in [0.1, 0.15) is 63.9 Å². The van der Waals surface area contributed by atoms with Gasteiger partial charge in [-0.3, -0.25) is 0 Å². The highest BCUT2D eigenvalue weighted by Crippen LogP contribution is 2.27. The van der Waals surface area contributed by atoms with E-state index in [-0.39, 0.29) is 12.2 Å². The average Bonchev–Trinajstić information content (AvgIpc) is 3.48. The molecule has 0 bridgehead atoms. The third kappa shape index (κ3) is 7.69. The molecule has 0 aromatic heterocycles. The highest BCUT2D eigenvalue weighted by atomic mass is 16.6. The van der Waals surface area contributed by atoms with Gasteiger partial charge in [0.15, 0.2) is 6.10 Å². The first-order valence-corrected chi connectivity index (χ1v) is 12.1. The van der Waals surface area contributed by atoms with Gasteiger partial charge in [-0.25, -0.2) is 9.59 Å². The summed E-state index contributed by atoms with van der Waals surface area (Å²) in [5, 5.41) is 9.23. The lowest BCUT2D eigenvalue weighted by Crippen LogP contribution is -2.39. The lowest BCUT2D eigenvalue weighted by Gasteiger charge is -2.26. The second kappa shape index (κ2) is 12.7. The zero-order valence-corrected chi connectivity index (χ0v) is 19.2. The predicted molar refractivity (Wildman–Crippen MR) is 121 cm³/mol. The van der Waals surface area contributed by atoms with Gasteiger partial charge in [0.2, 0.25) is 0 Å². The highest BCUT2D eigenvalue weighted by Gasteiger charge is 2.26. The first-order chi connectivity index (χ1) is 15.5. The van der Waals surface area contributed by atoms with Gasteiger partial charge in [0.25, 0.3) is 0 Å². The van der Waals surface area contributed by atoms with Gasteiger partial charge in [-0.2, -0.15) is 0 Å². The molecule has 1 aromatic rings. The molecule has 1 unspecified atom stereocenters. The van der Waals surface area contributed by atoms with Crippen LogP contribution in [0.15, 0.2) is 24.3 Å². The Labute approximate surface area is 191 Å². The molecular weight excluding hydrogens is 410 g/mol. The molecule has 178 valence electrons. The van der Waals surface area contributed by atoms with Crippen LogP contribution >= 0.6 is 0 Å². The van der Waals surface area contributed by atoms with E-state index in [1.165, 1.54) is 25.7 Å². The Morgan fingerprint density at radius 2 is 1.72 bits per heavy atom. The van der Waals surface area contributed by atoms with Crippen LogP contribution in [0.4, 0.5) is 4.79 Å². The zero-order chi connectivity index (χ0) is 22.8. The predicted octanol–water partition coefficient (Wildman–Crippen LogP) is 4.67. The number of hydrogen-bond acceptors (Lipinski definition) is 5. The third-order valence-electron chi connectivity index (χ3n) is 6.40. The van der Waals surface area contributed by atoms with E-state index >= 15 is 0 Å². The largest absolute Gasteiger partial charge is 0.492 e. The fourth-order valence-electron chi connectivity index (χ4n) is 4.61. The first kappa shape index (κ1) is 24.4. The number of benzene rings is 1. The number of carboxylic acids is 1. The van der Waals surface area contributed by atoms with Gasteiger partial charge >= 0.3 is 12.1 Å². The van der Waals surface area contributed by atoms with Gasteiger partial charge < -0.3 is 24.2 Å². The molecular formula is C25H37NO6. The minimum atomic E-state index is -0.959. The fraction of sp³-hybridized carbons (Fsp3) is 0.680. The van der Waals surface area contributed by atoms with E-state index in [9.17, 15) is 14.7 Å². The molecule has 2 fully saturated rings. The molecule has 2 aliphatic carbocycles. The quantitative estimate of drug-likeness (QED) is 0.501. The summed E-state index contributed by atoms with van der Waals surface area (Å²) in [4.78, 5) is 25.9. The van der Waals surface area contributed by atoms with Crippen molar-refractivity contribution < 1.29 is 28.9 Å². The molecule has 1 aromatic carbocycles. The number of carbonyl (C=O) groups is 2. The number of hydrogen-bond donors (Lipinski definition) is 1. The zero-order valence-electron chi connectivity index (χ0n) is 19.2. The van der Waals surface area contributed by atoms with Crippen LogP contribution in [0.2, 0.25) is 0 Å². The summed E-state index contributed by atoms with van der Waals surface area (Å²) in [7, 11) is 0. The van der Waals surface area contributed by atoms with E-state index in [4.69, 9.17) is 14.2 Å². The molecule has 1 atom stereocenters. The van der Waals surface area contributed by atoms with Crippen LogP contribution < -0.4 is 4.74 Å². The smallest absolute Gasteiger partial charge is 0.410 e. The Bertz CT molecular complexity index is 710. The topological polar surface area (TPSA) is 85.3 Å². The molecule has 2 saturated carbocycles. The van der Waals surface area contributed by atoms with Crippen molar-refractivity contribution in [2.45, 2.75) is 76.9 Å². The summed E-state index contributed by atoms with van der Waals surface area (Å²) < 4.78 is 16.9. The van der Waals surface area contributed by atoms with Gasteiger partial charge in [-0.15, -0.1) is 0 Å². The van der Waals surface area contributed by atoms with Crippen LogP contribution in [0, 0.1) is 5.92 Å². The first-order valence-electron chi connectivity index (χ1n) is 12.1. The second-order valence-electron chi connectivity index (χ2n) is 8.87. The summed E-state index contributed by atoms with van der Waals surface area (Å²) in [5.74, 6) is 0.291. The Balaban J connectivity index is 1.49. The highest BCUT2D eigenvalue weighted by molar-refractivity contribution is 5.72. The number of amides is 1. The minimum absolute atomic E-state index is 0.0633. The van der Waals surface area contributed by atoms with Crippen molar-refractivity contribution in [2.24, 2.45) is 5.92 Å². The van der Waals surface area contributed by atoms with E-state index in [2.05, 4.69) is 0 Å². The van der Waals surface area contributed by atoms with E-state index in [0.717, 1.165) is 37.8 Å². The Morgan fingerprint density at radius 3 is 2.34 bits per heavy atom. The van der Waals surface area contributed by atoms with Gasteiger partial charge in [-0.1, -0.05) is 25.0 Å². The summed E-state index contributed by atoms with van der Waals surface area (Å²) in [6.07, 6.45) is 8.36. The van der Waals surface area contributed by atoms with Crippen LogP contribution in [0.3, 0.4) is 0 Å². The number of aliphatic carboxylic acids is 1. The van der Waals surface area contributed by atoms with E-state index in [0.29, 0.717) is 37.8 Å². The van der Waals surface area contributed by atoms with Crippen molar-refractivity contribution in [3.8, 4) is 5.75 Å². The van der Waals surface area contributed by atoms with Crippen molar-refractivity contribution in [1.29, 1.82) is 0 Å². The molecule has 32 heavy (non-hydrogen) atoms. The van der Waals surface area contributed by atoms with E-state index < -0.39 is 12.1 Å². The molecule has 3 rings (SSSR count). The van der Waals surface area contributed by atoms with Crippen LogP contribution in [-0.2, 0) is 20.7 Å². The maximum atomic E-state index is 12.8. The number of ether oxygens (including phenoxy) is 3. The molecule has 1 N–H and O–H groups in total. The minimum Gasteiger partial charge on any atom is -0.492 e. The maximum absolute atomic E-state index is 12.8. The van der Waals surface area contributed by atoms with E-state index in [1.54, 1.807) is 6.92 Å². The van der Waals surface area contributed by atoms with Crippen molar-refractivity contribution >= 4 is 12.1 Å². The van der Waals surface area contributed by atoms with Gasteiger partial charge in [0, 0.05) is 19.6 Å². The normalized spacial score (nSPS) is 17.9. The molecule has 7 heteroatoms. The summed E-state index contributed by atoms with van der Waals surface area (Å²) in [5.41, 5.74) is 0.876. The Hall–Kier alpha value is -2.28. The number of carbonyl (C=O) groups excluding carboxylic acids is 1. The molecule has 0 radical (unpaired) electrons. The average molecular weight is 448 g/mol. The summed E-state index contributed by atoms with van der Waals surface area (Å²) in [6, 6.07) is 7.38. The third-order valence-corrected chi connectivity index (χ3v) is 6.40.